The Morgan fingerprint density at radius 1 is 1.13 bits per heavy atom. The van der Waals surface area contributed by atoms with Crippen molar-refractivity contribution < 1.29 is 18.8 Å². The predicted octanol–water partition coefficient (Wildman–Crippen LogP) is 4.26. The Bertz CT molecular complexity index is 1020. The first-order valence-corrected chi connectivity index (χ1v) is 9.89. The number of carbonyl (C=O) groups excluding carboxylic acids is 1. The Balaban J connectivity index is 1.78. The average Bonchev–Trinajstić information content (AvgIpc) is 3.21. The zero-order valence-corrected chi connectivity index (χ0v) is 17.2. The first kappa shape index (κ1) is 22.2. The van der Waals surface area contributed by atoms with E-state index in [9.17, 15) is 19.3 Å². The van der Waals surface area contributed by atoms with Crippen molar-refractivity contribution >= 4 is 11.6 Å². The van der Waals surface area contributed by atoms with Gasteiger partial charge in [-0.1, -0.05) is 12.1 Å². The largest absolute Gasteiger partial charge is 0.385 e. The van der Waals surface area contributed by atoms with Gasteiger partial charge < -0.3 is 14.2 Å². The normalized spacial score (nSPS) is 10.8. The van der Waals surface area contributed by atoms with Crippen LogP contribution in [0.1, 0.15) is 28.0 Å². The van der Waals surface area contributed by atoms with Crippen LogP contribution in [-0.4, -0.2) is 40.6 Å². The lowest BCUT2D eigenvalue weighted by Gasteiger charge is -2.24. The van der Waals surface area contributed by atoms with Gasteiger partial charge in [0.15, 0.2) is 0 Å². The molecule has 1 amide bonds. The number of halogens is 1. The van der Waals surface area contributed by atoms with Gasteiger partial charge in [0.2, 0.25) is 0 Å². The molecule has 31 heavy (non-hydrogen) atoms. The second-order valence-electron chi connectivity index (χ2n) is 7.13. The summed E-state index contributed by atoms with van der Waals surface area (Å²) < 4.78 is 20.3. The minimum Gasteiger partial charge on any atom is -0.385 e. The van der Waals surface area contributed by atoms with E-state index in [-0.39, 0.29) is 17.4 Å². The van der Waals surface area contributed by atoms with Crippen LogP contribution in [0.4, 0.5) is 10.1 Å². The van der Waals surface area contributed by atoms with Crippen LogP contribution in [0.15, 0.2) is 66.9 Å². The average molecular weight is 425 g/mol. The van der Waals surface area contributed by atoms with Crippen LogP contribution >= 0.6 is 0 Å². The van der Waals surface area contributed by atoms with Crippen LogP contribution in [0.2, 0.25) is 0 Å². The van der Waals surface area contributed by atoms with E-state index in [0.29, 0.717) is 38.2 Å². The summed E-state index contributed by atoms with van der Waals surface area (Å²) in [5.41, 5.74) is 2.21. The first-order chi connectivity index (χ1) is 15.0. The molecule has 0 N–H and O–H groups in total. The Kier molecular flexibility index (Phi) is 7.50. The fourth-order valence-corrected chi connectivity index (χ4v) is 3.29. The highest BCUT2D eigenvalue weighted by Gasteiger charge is 2.18. The maximum atomic E-state index is 13.2. The number of aromatic nitrogens is 1. The molecule has 3 rings (SSSR count). The molecule has 0 aliphatic rings. The minimum absolute atomic E-state index is 0.0596. The summed E-state index contributed by atoms with van der Waals surface area (Å²) in [7, 11) is 1.61. The molecule has 0 fully saturated rings. The van der Waals surface area contributed by atoms with Crippen LogP contribution < -0.4 is 0 Å². The SMILES string of the molecule is COCCCN(Cc1cccn1Cc1ccc(F)cc1)C(=O)c1ccc([N+](=O)[O-])cc1. The van der Waals surface area contributed by atoms with Crippen molar-refractivity contribution in [1.29, 1.82) is 0 Å². The van der Waals surface area contributed by atoms with E-state index in [0.717, 1.165) is 11.3 Å². The van der Waals surface area contributed by atoms with Gasteiger partial charge in [-0.15, -0.1) is 0 Å². The maximum Gasteiger partial charge on any atom is 0.269 e. The number of hydrogen-bond acceptors (Lipinski definition) is 4. The van der Waals surface area contributed by atoms with Gasteiger partial charge in [0.25, 0.3) is 11.6 Å². The molecular weight excluding hydrogens is 401 g/mol. The van der Waals surface area contributed by atoms with Crippen molar-refractivity contribution in [2.75, 3.05) is 20.3 Å². The second-order valence-corrected chi connectivity index (χ2v) is 7.13. The third kappa shape index (κ3) is 5.99. The molecule has 1 aromatic heterocycles. The van der Waals surface area contributed by atoms with E-state index >= 15 is 0 Å². The van der Waals surface area contributed by atoms with E-state index in [4.69, 9.17) is 4.74 Å². The lowest BCUT2D eigenvalue weighted by atomic mass is 10.1. The van der Waals surface area contributed by atoms with E-state index in [1.807, 2.05) is 22.9 Å². The van der Waals surface area contributed by atoms with Crippen LogP contribution in [-0.2, 0) is 17.8 Å². The zero-order chi connectivity index (χ0) is 22.2. The zero-order valence-electron chi connectivity index (χ0n) is 17.2. The molecule has 162 valence electrons. The minimum atomic E-state index is -0.493. The van der Waals surface area contributed by atoms with Gasteiger partial charge in [-0.3, -0.25) is 14.9 Å². The van der Waals surface area contributed by atoms with E-state index in [1.54, 1.807) is 24.1 Å². The van der Waals surface area contributed by atoms with Gasteiger partial charge in [0.05, 0.1) is 11.5 Å². The summed E-state index contributed by atoms with van der Waals surface area (Å²) in [6.45, 7) is 1.92. The van der Waals surface area contributed by atoms with Crippen molar-refractivity contribution in [3.63, 3.8) is 0 Å². The molecule has 1 heterocycles. The second kappa shape index (κ2) is 10.5. The summed E-state index contributed by atoms with van der Waals surface area (Å²) in [6, 6.07) is 15.8. The lowest BCUT2D eigenvalue weighted by Crippen LogP contribution is -2.33. The number of rotatable bonds is 10. The molecule has 0 unspecified atom stereocenters. The Labute approximate surface area is 179 Å². The lowest BCUT2D eigenvalue weighted by molar-refractivity contribution is -0.384. The predicted molar refractivity (Wildman–Crippen MR) is 114 cm³/mol. The highest BCUT2D eigenvalue weighted by atomic mass is 19.1. The number of carbonyl (C=O) groups is 1. The van der Waals surface area contributed by atoms with Gasteiger partial charge in [0, 0.05) is 56.4 Å². The van der Waals surface area contributed by atoms with Gasteiger partial charge in [-0.2, -0.15) is 0 Å². The van der Waals surface area contributed by atoms with E-state index < -0.39 is 4.92 Å². The van der Waals surface area contributed by atoms with E-state index in [2.05, 4.69) is 0 Å². The molecular formula is C23H24FN3O4. The van der Waals surface area contributed by atoms with Gasteiger partial charge >= 0.3 is 0 Å². The maximum absolute atomic E-state index is 13.2. The smallest absolute Gasteiger partial charge is 0.269 e. The van der Waals surface area contributed by atoms with Gasteiger partial charge in [-0.25, -0.2) is 4.39 Å². The molecule has 0 saturated heterocycles. The molecule has 7 nitrogen and oxygen atoms in total. The number of nitro benzene ring substituents is 1. The van der Waals surface area contributed by atoms with Crippen LogP contribution in [0.3, 0.4) is 0 Å². The van der Waals surface area contributed by atoms with Gasteiger partial charge in [0.1, 0.15) is 5.82 Å². The van der Waals surface area contributed by atoms with E-state index in [1.165, 1.54) is 36.4 Å². The van der Waals surface area contributed by atoms with Crippen LogP contribution in [0, 0.1) is 15.9 Å². The topological polar surface area (TPSA) is 77.6 Å². The highest BCUT2D eigenvalue weighted by Crippen LogP contribution is 2.17. The highest BCUT2D eigenvalue weighted by molar-refractivity contribution is 5.94. The number of methoxy groups -OCH3 is 1. The van der Waals surface area contributed by atoms with Crippen molar-refractivity contribution in [3.05, 3.63) is 99.6 Å². The van der Waals surface area contributed by atoms with Crippen molar-refractivity contribution in [1.82, 2.24) is 9.47 Å². The summed E-state index contributed by atoms with van der Waals surface area (Å²) in [5.74, 6) is -0.491. The first-order valence-electron chi connectivity index (χ1n) is 9.89. The summed E-state index contributed by atoms with van der Waals surface area (Å²) in [4.78, 5) is 25.2. The Morgan fingerprint density at radius 3 is 2.48 bits per heavy atom. The molecule has 0 aliphatic heterocycles. The summed E-state index contributed by atoms with van der Waals surface area (Å²) >= 11 is 0. The standard InChI is InChI=1S/C23H24FN3O4/c1-31-15-3-14-26(23(28)19-7-11-21(12-8-19)27(29)30)17-22-4-2-13-25(22)16-18-5-9-20(24)10-6-18/h2,4-13H,3,14-17H2,1H3. The van der Waals surface area contributed by atoms with Crippen LogP contribution in [0.25, 0.3) is 0 Å². The number of non-ortho nitro benzene ring substituents is 1. The Hall–Kier alpha value is -3.52. The number of nitrogens with zero attached hydrogens (tertiary/aromatic N) is 3. The summed E-state index contributed by atoms with van der Waals surface area (Å²) in [5, 5.41) is 10.9. The fourth-order valence-electron chi connectivity index (χ4n) is 3.29. The molecule has 0 saturated carbocycles. The number of benzene rings is 2. The number of hydrogen-bond donors (Lipinski definition) is 0. The fraction of sp³-hybridized carbons (Fsp3) is 0.261. The van der Waals surface area contributed by atoms with Crippen molar-refractivity contribution in [2.45, 2.75) is 19.5 Å². The molecule has 0 radical (unpaired) electrons. The third-order valence-electron chi connectivity index (χ3n) is 4.93. The molecule has 0 spiro atoms. The monoisotopic (exact) mass is 425 g/mol. The van der Waals surface area contributed by atoms with Crippen LogP contribution in [0.5, 0.6) is 0 Å². The van der Waals surface area contributed by atoms with Gasteiger partial charge in [-0.05, 0) is 48.4 Å². The van der Waals surface area contributed by atoms with Crippen molar-refractivity contribution in [2.24, 2.45) is 0 Å². The Morgan fingerprint density at radius 2 is 1.84 bits per heavy atom. The quantitative estimate of drug-likeness (QED) is 0.276. The number of nitro groups is 1. The van der Waals surface area contributed by atoms with Crippen molar-refractivity contribution in [3.8, 4) is 0 Å². The molecule has 0 bridgehead atoms. The summed E-state index contributed by atoms with van der Waals surface area (Å²) in [6.07, 6.45) is 2.58. The molecule has 0 atom stereocenters. The molecule has 2 aromatic carbocycles. The number of ether oxygens (including phenoxy) is 1. The molecule has 0 aliphatic carbocycles. The third-order valence-corrected chi connectivity index (χ3v) is 4.93. The molecule has 3 aromatic rings. The molecule has 8 heteroatoms. The number of amides is 1.